The summed E-state index contributed by atoms with van der Waals surface area (Å²) in [5, 5.41) is 7.76. The zero-order valence-electron chi connectivity index (χ0n) is 15.4. The highest BCUT2D eigenvalue weighted by atomic mass is 19.1. The molecule has 142 valence electrons. The molecular weight excluding hydrogens is 361 g/mol. The van der Waals surface area contributed by atoms with Crippen LogP contribution in [0.4, 0.5) is 4.39 Å². The van der Waals surface area contributed by atoms with Crippen LogP contribution in [-0.2, 0) is 0 Å². The second-order valence-corrected chi connectivity index (χ2v) is 7.21. The van der Waals surface area contributed by atoms with Gasteiger partial charge in [0.1, 0.15) is 11.5 Å². The van der Waals surface area contributed by atoms with E-state index in [9.17, 15) is 9.18 Å². The van der Waals surface area contributed by atoms with Gasteiger partial charge in [0.2, 0.25) is 6.79 Å². The number of amides is 1. The van der Waals surface area contributed by atoms with Gasteiger partial charge in [0.05, 0.1) is 17.4 Å². The van der Waals surface area contributed by atoms with Crippen molar-refractivity contribution in [3.05, 3.63) is 70.8 Å². The number of hydrogen-bond donors (Lipinski definition) is 1. The molecule has 28 heavy (non-hydrogen) atoms. The number of nitrogens with zero attached hydrogens (tertiary/aromatic N) is 2. The number of benzene rings is 2. The van der Waals surface area contributed by atoms with Gasteiger partial charge in [0.25, 0.3) is 5.91 Å². The predicted octanol–water partition coefficient (Wildman–Crippen LogP) is 3.70. The molecule has 1 aromatic heterocycles. The van der Waals surface area contributed by atoms with Crippen LogP contribution in [0.25, 0.3) is 5.69 Å². The first kappa shape index (κ1) is 16.8. The molecule has 0 saturated carbocycles. The Morgan fingerprint density at radius 2 is 1.89 bits per heavy atom. The quantitative estimate of drug-likeness (QED) is 0.754. The summed E-state index contributed by atoms with van der Waals surface area (Å²) in [7, 11) is 0. The Balaban J connectivity index is 1.67. The van der Waals surface area contributed by atoms with Gasteiger partial charge in [-0.25, -0.2) is 9.07 Å². The van der Waals surface area contributed by atoms with Gasteiger partial charge >= 0.3 is 0 Å². The number of ether oxygens (including phenoxy) is 2. The molecule has 1 N–H and O–H groups in total. The first-order chi connectivity index (χ1) is 13.5. The Morgan fingerprint density at radius 1 is 1.14 bits per heavy atom. The van der Waals surface area contributed by atoms with Crippen molar-refractivity contribution in [2.24, 2.45) is 0 Å². The van der Waals surface area contributed by atoms with Crippen LogP contribution >= 0.6 is 0 Å². The summed E-state index contributed by atoms with van der Waals surface area (Å²) in [6.45, 7) is 4.27. The number of hydrogen-bond acceptors (Lipinski definition) is 4. The molecule has 2 aliphatic rings. The van der Waals surface area contributed by atoms with E-state index in [0.29, 0.717) is 22.9 Å². The van der Waals surface area contributed by atoms with Crippen LogP contribution in [0.5, 0.6) is 11.5 Å². The van der Waals surface area contributed by atoms with Gasteiger partial charge < -0.3 is 14.8 Å². The molecule has 6 nitrogen and oxygen atoms in total. The molecule has 0 radical (unpaired) electrons. The van der Waals surface area contributed by atoms with Crippen LogP contribution in [-0.4, -0.2) is 22.5 Å². The minimum atomic E-state index is -0.334. The highest BCUT2D eigenvalue weighted by Crippen LogP contribution is 2.41. The van der Waals surface area contributed by atoms with E-state index < -0.39 is 0 Å². The smallest absolute Gasteiger partial charge is 0.271 e. The zero-order valence-corrected chi connectivity index (χ0v) is 15.4. The van der Waals surface area contributed by atoms with Crippen molar-refractivity contribution in [1.82, 2.24) is 15.1 Å². The van der Waals surface area contributed by atoms with Crippen molar-refractivity contribution in [2.45, 2.75) is 25.8 Å². The fourth-order valence-corrected chi connectivity index (χ4v) is 3.76. The van der Waals surface area contributed by atoms with Crippen molar-refractivity contribution < 1.29 is 18.7 Å². The van der Waals surface area contributed by atoms with E-state index in [1.165, 1.54) is 12.1 Å². The minimum absolute atomic E-state index is 0.111. The van der Waals surface area contributed by atoms with Crippen molar-refractivity contribution in [1.29, 1.82) is 0 Å². The molecule has 5 rings (SSSR count). The van der Waals surface area contributed by atoms with Crippen LogP contribution < -0.4 is 14.8 Å². The van der Waals surface area contributed by atoms with Crippen LogP contribution in [0.2, 0.25) is 0 Å². The molecule has 0 aliphatic carbocycles. The molecule has 0 fully saturated rings. The molecule has 1 atom stereocenters. The topological polar surface area (TPSA) is 65.4 Å². The SMILES string of the molecule is CC(C)c1nn(-c2ccc(F)cc2)c2c1C(c1ccc3c(c1)OCO3)NC2=O. The van der Waals surface area contributed by atoms with Crippen molar-refractivity contribution in [2.75, 3.05) is 6.79 Å². The van der Waals surface area contributed by atoms with Gasteiger partial charge in [0, 0.05) is 5.56 Å². The number of rotatable bonds is 3. The van der Waals surface area contributed by atoms with E-state index in [-0.39, 0.29) is 30.5 Å². The van der Waals surface area contributed by atoms with Gasteiger partial charge in [-0.2, -0.15) is 5.10 Å². The van der Waals surface area contributed by atoms with Crippen LogP contribution in [0.3, 0.4) is 0 Å². The van der Waals surface area contributed by atoms with Crippen molar-refractivity contribution >= 4 is 5.91 Å². The van der Waals surface area contributed by atoms with Gasteiger partial charge in [-0.3, -0.25) is 4.79 Å². The molecule has 1 unspecified atom stereocenters. The lowest BCUT2D eigenvalue weighted by Gasteiger charge is -2.15. The van der Waals surface area contributed by atoms with E-state index in [2.05, 4.69) is 5.32 Å². The largest absolute Gasteiger partial charge is 0.454 e. The Kier molecular flexibility index (Phi) is 3.65. The molecule has 3 heterocycles. The Morgan fingerprint density at radius 3 is 2.64 bits per heavy atom. The fourth-order valence-electron chi connectivity index (χ4n) is 3.76. The highest BCUT2D eigenvalue weighted by Gasteiger charge is 2.38. The third kappa shape index (κ3) is 2.46. The van der Waals surface area contributed by atoms with Crippen LogP contribution in [0.1, 0.15) is 53.1 Å². The molecule has 2 aromatic carbocycles. The third-order valence-electron chi connectivity index (χ3n) is 5.08. The highest BCUT2D eigenvalue weighted by molar-refractivity contribution is 5.99. The summed E-state index contributed by atoms with van der Waals surface area (Å²) in [6, 6.07) is 11.3. The Hall–Kier alpha value is -3.35. The number of nitrogens with one attached hydrogen (secondary N) is 1. The van der Waals surface area contributed by atoms with E-state index in [1.54, 1.807) is 16.8 Å². The Bertz CT molecular complexity index is 1090. The monoisotopic (exact) mass is 379 g/mol. The summed E-state index contributed by atoms with van der Waals surface area (Å²) < 4.78 is 25.8. The first-order valence-electron chi connectivity index (χ1n) is 9.12. The van der Waals surface area contributed by atoms with E-state index in [4.69, 9.17) is 14.6 Å². The first-order valence-corrected chi connectivity index (χ1v) is 9.12. The lowest BCUT2D eigenvalue weighted by Crippen LogP contribution is -2.23. The second-order valence-electron chi connectivity index (χ2n) is 7.21. The molecule has 0 saturated heterocycles. The second kappa shape index (κ2) is 6.09. The molecule has 2 aliphatic heterocycles. The normalized spacial score (nSPS) is 17.1. The zero-order chi connectivity index (χ0) is 19.4. The number of fused-ring (bicyclic) bond motifs is 2. The van der Waals surface area contributed by atoms with Crippen LogP contribution in [0, 0.1) is 5.82 Å². The molecule has 0 spiro atoms. The predicted molar refractivity (Wildman–Crippen MR) is 99.5 cm³/mol. The van der Waals surface area contributed by atoms with Crippen molar-refractivity contribution in [3.63, 3.8) is 0 Å². The van der Waals surface area contributed by atoms with Gasteiger partial charge in [0.15, 0.2) is 11.5 Å². The summed E-state index contributed by atoms with van der Waals surface area (Å²) in [5.74, 6) is 0.928. The Labute approximate surface area is 160 Å². The maximum absolute atomic E-state index is 13.3. The van der Waals surface area contributed by atoms with E-state index >= 15 is 0 Å². The van der Waals surface area contributed by atoms with E-state index in [0.717, 1.165) is 16.8 Å². The molecule has 7 heteroatoms. The lowest BCUT2D eigenvalue weighted by molar-refractivity contribution is 0.0953. The van der Waals surface area contributed by atoms with Gasteiger partial charge in [-0.1, -0.05) is 19.9 Å². The number of aromatic nitrogens is 2. The summed E-state index contributed by atoms with van der Waals surface area (Å²) in [5.41, 5.74) is 3.71. The molecule has 3 aromatic rings. The van der Waals surface area contributed by atoms with Crippen LogP contribution in [0.15, 0.2) is 42.5 Å². The number of carbonyl (C=O) groups is 1. The minimum Gasteiger partial charge on any atom is -0.454 e. The average Bonchev–Trinajstić information content (AvgIpc) is 3.37. The fraction of sp³-hybridized carbons (Fsp3) is 0.238. The number of carbonyl (C=O) groups excluding carboxylic acids is 1. The molecule has 0 bridgehead atoms. The maximum Gasteiger partial charge on any atom is 0.271 e. The summed E-state index contributed by atoms with van der Waals surface area (Å²) >= 11 is 0. The average molecular weight is 379 g/mol. The van der Waals surface area contributed by atoms with E-state index in [1.807, 2.05) is 32.0 Å². The third-order valence-corrected chi connectivity index (χ3v) is 5.08. The van der Waals surface area contributed by atoms with Crippen molar-refractivity contribution in [3.8, 4) is 17.2 Å². The summed E-state index contributed by atoms with van der Waals surface area (Å²) in [6.07, 6.45) is 0. The lowest BCUT2D eigenvalue weighted by atomic mass is 9.95. The summed E-state index contributed by atoms with van der Waals surface area (Å²) in [4.78, 5) is 12.9. The standard InChI is InChI=1S/C21H18FN3O3/c1-11(2)18-17-19(12-3-8-15-16(9-12)28-10-27-15)23-21(26)20(17)25(24-18)14-6-4-13(22)5-7-14/h3-9,11,19H,10H2,1-2H3,(H,23,26). The molecular formula is C21H18FN3O3. The van der Waals surface area contributed by atoms with Gasteiger partial charge in [-0.05, 0) is 47.9 Å². The number of halogens is 1. The van der Waals surface area contributed by atoms with Gasteiger partial charge in [-0.15, -0.1) is 0 Å². The molecule has 1 amide bonds. The maximum atomic E-state index is 13.3.